The van der Waals surface area contributed by atoms with Crippen LogP contribution in [-0.4, -0.2) is 50.5 Å². The second-order valence-corrected chi connectivity index (χ2v) is 8.95. The Labute approximate surface area is 171 Å². The van der Waals surface area contributed by atoms with E-state index in [1.807, 2.05) is 20.8 Å². The maximum absolute atomic E-state index is 12.9. The van der Waals surface area contributed by atoms with Gasteiger partial charge in [-0.2, -0.15) is 4.31 Å². The van der Waals surface area contributed by atoms with E-state index in [0.717, 1.165) is 5.75 Å². The molecule has 0 unspecified atom stereocenters. The summed E-state index contributed by atoms with van der Waals surface area (Å²) >= 11 is 0. The SMILES string of the molecule is CCOc1ccc(NC(=O)c2ccc(S(=O)(=O)N3C[C@@H](C)O[C@H](C)C3)cc2)cc1. The fraction of sp³-hybridized carbons (Fsp3) is 0.381. The van der Waals surface area contributed by atoms with Crippen LogP contribution < -0.4 is 10.1 Å². The number of nitrogens with zero attached hydrogens (tertiary/aromatic N) is 1. The number of sulfonamides is 1. The standard InChI is InChI=1S/C21H26N2O5S/c1-4-27-19-9-7-18(8-10-19)22-21(24)17-5-11-20(12-6-17)29(25,26)23-13-15(2)28-16(3)14-23/h5-12,15-16H,4,13-14H2,1-3H3,(H,22,24)/t15-,16-/m1/s1. The molecule has 8 heteroatoms. The summed E-state index contributed by atoms with van der Waals surface area (Å²) in [5.41, 5.74) is 1.01. The number of hydrogen-bond acceptors (Lipinski definition) is 5. The maximum atomic E-state index is 12.9. The third-order valence-electron chi connectivity index (χ3n) is 4.56. The van der Waals surface area contributed by atoms with E-state index in [1.165, 1.54) is 28.6 Å². The van der Waals surface area contributed by atoms with Crippen molar-refractivity contribution >= 4 is 21.6 Å². The zero-order valence-corrected chi connectivity index (χ0v) is 17.6. The highest BCUT2D eigenvalue weighted by molar-refractivity contribution is 7.89. The lowest BCUT2D eigenvalue weighted by atomic mass is 10.2. The van der Waals surface area contributed by atoms with Gasteiger partial charge in [0.15, 0.2) is 0 Å². The van der Waals surface area contributed by atoms with E-state index in [2.05, 4.69) is 5.32 Å². The molecule has 1 saturated heterocycles. The van der Waals surface area contributed by atoms with E-state index in [9.17, 15) is 13.2 Å². The molecule has 0 aromatic heterocycles. The third-order valence-corrected chi connectivity index (χ3v) is 6.41. The predicted octanol–water partition coefficient (Wildman–Crippen LogP) is 3.14. The molecule has 29 heavy (non-hydrogen) atoms. The van der Waals surface area contributed by atoms with Gasteiger partial charge in [-0.3, -0.25) is 4.79 Å². The molecule has 1 aliphatic rings. The molecule has 0 spiro atoms. The van der Waals surface area contributed by atoms with Gasteiger partial charge >= 0.3 is 0 Å². The molecule has 7 nitrogen and oxygen atoms in total. The van der Waals surface area contributed by atoms with Gasteiger partial charge in [-0.05, 0) is 69.3 Å². The van der Waals surface area contributed by atoms with Crippen LogP contribution in [0.25, 0.3) is 0 Å². The first-order valence-electron chi connectivity index (χ1n) is 9.59. The molecule has 0 aliphatic carbocycles. The number of anilines is 1. The van der Waals surface area contributed by atoms with Gasteiger partial charge in [0.1, 0.15) is 5.75 Å². The zero-order valence-electron chi connectivity index (χ0n) is 16.8. The minimum atomic E-state index is -3.63. The van der Waals surface area contributed by atoms with E-state index in [1.54, 1.807) is 24.3 Å². The molecule has 1 N–H and O–H groups in total. The van der Waals surface area contributed by atoms with Crippen LogP contribution in [0, 0.1) is 0 Å². The van der Waals surface area contributed by atoms with Crippen LogP contribution in [0.3, 0.4) is 0 Å². The highest BCUT2D eigenvalue weighted by Crippen LogP contribution is 2.22. The van der Waals surface area contributed by atoms with Crippen molar-refractivity contribution in [3.05, 3.63) is 54.1 Å². The largest absolute Gasteiger partial charge is 0.494 e. The number of hydrogen-bond donors (Lipinski definition) is 1. The van der Waals surface area contributed by atoms with Gasteiger partial charge in [0.2, 0.25) is 10.0 Å². The lowest BCUT2D eigenvalue weighted by Crippen LogP contribution is -2.48. The topological polar surface area (TPSA) is 84.9 Å². The Balaban J connectivity index is 1.69. The van der Waals surface area contributed by atoms with Crippen LogP contribution in [0.5, 0.6) is 5.75 Å². The van der Waals surface area contributed by atoms with Crippen LogP contribution in [0.1, 0.15) is 31.1 Å². The molecule has 1 aliphatic heterocycles. The minimum Gasteiger partial charge on any atom is -0.494 e. The first-order chi connectivity index (χ1) is 13.8. The molecule has 2 aromatic carbocycles. The Morgan fingerprint density at radius 3 is 2.21 bits per heavy atom. The molecule has 0 saturated carbocycles. The smallest absolute Gasteiger partial charge is 0.255 e. The van der Waals surface area contributed by atoms with Crippen LogP contribution in [0.4, 0.5) is 5.69 Å². The Hall–Kier alpha value is -2.42. The van der Waals surface area contributed by atoms with Crippen LogP contribution in [0.2, 0.25) is 0 Å². The summed E-state index contributed by atoms with van der Waals surface area (Å²) in [6, 6.07) is 13.0. The van der Waals surface area contributed by atoms with Crippen LogP contribution >= 0.6 is 0 Å². The molecular weight excluding hydrogens is 392 g/mol. The van der Waals surface area contributed by atoms with E-state index >= 15 is 0 Å². The number of amides is 1. The molecule has 1 amide bonds. The van der Waals surface area contributed by atoms with Gasteiger partial charge in [-0.1, -0.05) is 0 Å². The van der Waals surface area contributed by atoms with Crippen molar-refractivity contribution in [3.63, 3.8) is 0 Å². The summed E-state index contributed by atoms with van der Waals surface area (Å²) in [5.74, 6) is 0.415. The van der Waals surface area contributed by atoms with Crippen molar-refractivity contribution in [1.82, 2.24) is 4.31 Å². The van der Waals surface area contributed by atoms with Crippen molar-refractivity contribution in [3.8, 4) is 5.75 Å². The molecule has 2 atom stereocenters. The van der Waals surface area contributed by atoms with Crippen molar-refractivity contribution in [2.24, 2.45) is 0 Å². The Kier molecular flexibility index (Phi) is 6.56. The second kappa shape index (κ2) is 8.94. The molecule has 0 bridgehead atoms. The van der Waals surface area contributed by atoms with Crippen LogP contribution in [0.15, 0.2) is 53.4 Å². The fourth-order valence-electron chi connectivity index (χ4n) is 3.26. The molecule has 1 heterocycles. The maximum Gasteiger partial charge on any atom is 0.255 e. The number of morpholine rings is 1. The molecule has 1 fully saturated rings. The quantitative estimate of drug-likeness (QED) is 0.779. The summed E-state index contributed by atoms with van der Waals surface area (Å²) in [5, 5.41) is 2.79. The van der Waals surface area contributed by atoms with E-state index in [4.69, 9.17) is 9.47 Å². The number of nitrogens with one attached hydrogen (secondary N) is 1. The number of carbonyl (C=O) groups excluding carboxylic acids is 1. The number of benzene rings is 2. The Morgan fingerprint density at radius 2 is 1.66 bits per heavy atom. The highest BCUT2D eigenvalue weighted by atomic mass is 32.2. The summed E-state index contributed by atoms with van der Waals surface area (Å²) < 4.78 is 38.2. The van der Waals surface area contributed by atoms with Crippen molar-refractivity contribution in [2.75, 3.05) is 25.0 Å². The van der Waals surface area contributed by atoms with Crippen molar-refractivity contribution in [1.29, 1.82) is 0 Å². The van der Waals surface area contributed by atoms with Gasteiger partial charge in [0, 0.05) is 24.3 Å². The minimum absolute atomic E-state index is 0.160. The van der Waals surface area contributed by atoms with Gasteiger partial charge < -0.3 is 14.8 Å². The number of ether oxygens (including phenoxy) is 2. The van der Waals surface area contributed by atoms with Crippen molar-refractivity contribution < 1.29 is 22.7 Å². The average Bonchev–Trinajstić information content (AvgIpc) is 2.69. The summed E-state index contributed by atoms with van der Waals surface area (Å²) in [4.78, 5) is 12.6. The second-order valence-electron chi connectivity index (χ2n) is 7.02. The first-order valence-corrected chi connectivity index (χ1v) is 11.0. The van der Waals surface area contributed by atoms with Crippen LogP contribution in [-0.2, 0) is 14.8 Å². The summed E-state index contributed by atoms with van der Waals surface area (Å²) in [7, 11) is -3.63. The fourth-order valence-corrected chi connectivity index (χ4v) is 4.85. The predicted molar refractivity (Wildman–Crippen MR) is 111 cm³/mol. The molecule has 156 valence electrons. The van der Waals surface area contributed by atoms with E-state index in [0.29, 0.717) is 30.9 Å². The van der Waals surface area contributed by atoms with Gasteiger partial charge in [0.25, 0.3) is 5.91 Å². The van der Waals surface area contributed by atoms with Gasteiger partial charge in [-0.15, -0.1) is 0 Å². The zero-order chi connectivity index (χ0) is 21.0. The summed E-state index contributed by atoms with van der Waals surface area (Å²) in [6.07, 6.45) is -0.319. The van der Waals surface area contributed by atoms with Gasteiger partial charge in [-0.25, -0.2) is 8.42 Å². The van der Waals surface area contributed by atoms with E-state index < -0.39 is 10.0 Å². The third kappa shape index (κ3) is 5.14. The monoisotopic (exact) mass is 418 g/mol. The number of carbonyl (C=O) groups is 1. The van der Waals surface area contributed by atoms with E-state index in [-0.39, 0.29) is 23.0 Å². The first kappa shape index (κ1) is 21.3. The average molecular weight is 419 g/mol. The molecule has 2 aromatic rings. The highest BCUT2D eigenvalue weighted by Gasteiger charge is 2.32. The normalized spacial score (nSPS) is 20.2. The molecule has 0 radical (unpaired) electrons. The lowest BCUT2D eigenvalue weighted by Gasteiger charge is -2.34. The lowest BCUT2D eigenvalue weighted by molar-refractivity contribution is -0.0440. The summed E-state index contributed by atoms with van der Waals surface area (Å²) in [6.45, 7) is 6.81. The van der Waals surface area contributed by atoms with Crippen molar-refractivity contribution in [2.45, 2.75) is 37.9 Å². The molecule has 3 rings (SSSR count). The Bertz CT molecular complexity index is 932. The van der Waals surface area contributed by atoms with Gasteiger partial charge in [0.05, 0.1) is 23.7 Å². The Morgan fingerprint density at radius 1 is 1.07 bits per heavy atom. The molecular formula is C21H26N2O5S. The number of rotatable bonds is 6.